The summed E-state index contributed by atoms with van der Waals surface area (Å²) in [6.07, 6.45) is -2.60. The van der Waals surface area contributed by atoms with Crippen molar-refractivity contribution < 1.29 is 18.0 Å². The van der Waals surface area contributed by atoms with Gasteiger partial charge < -0.3 is 9.88 Å². The molecular weight excluding hydrogens is 367 g/mol. The molecule has 0 spiro atoms. The van der Waals surface area contributed by atoms with E-state index in [0.717, 1.165) is 47.4 Å². The predicted molar refractivity (Wildman–Crippen MR) is 99.7 cm³/mol. The van der Waals surface area contributed by atoms with Crippen molar-refractivity contribution in [1.29, 1.82) is 0 Å². The van der Waals surface area contributed by atoms with E-state index >= 15 is 0 Å². The third-order valence-corrected chi connectivity index (χ3v) is 5.18. The molecule has 1 amide bonds. The van der Waals surface area contributed by atoms with Gasteiger partial charge in [0.25, 0.3) is 0 Å². The lowest BCUT2D eigenvalue weighted by Gasteiger charge is -2.23. The van der Waals surface area contributed by atoms with Crippen LogP contribution >= 0.6 is 0 Å². The summed E-state index contributed by atoms with van der Waals surface area (Å²) >= 11 is 0. The number of imidazole rings is 1. The van der Waals surface area contributed by atoms with Gasteiger partial charge in [0.2, 0.25) is 5.91 Å². The van der Waals surface area contributed by atoms with Crippen LogP contribution in [0, 0.1) is 6.92 Å². The summed E-state index contributed by atoms with van der Waals surface area (Å²) in [6.45, 7) is 2.63. The minimum atomic E-state index is -4.37. The maximum absolute atomic E-state index is 12.8. The lowest BCUT2D eigenvalue weighted by Crippen LogP contribution is -2.32. The molecule has 1 aliphatic rings. The van der Waals surface area contributed by atoms with Gasteiger partial charge in [0.15, 0.2) is 0 Å². The Morgan fingerprint density at radius 1 is 1.21 bits per heavy atom. The maximum atomic E-state index is 12.8. The average molecular weight is 387 g/mol. The Kier molecular flexibility index (Phi) is 4.61. The molecule has 4 rings (SSSR count). The van der Waals surface area contributed by atoms with Crippen LogP contribution in [-0.4, -0.2) is 27.3 Å². The third kappa shape index (κ3) is 3.61. The lowest BCUT2D eigenvalue weighted by atomic mass is 10.1. The molecule has 1 N–H and O–H groups in total. The second-order valence-electron chi connectivity index (χ2n) is 7.26. The number of aryl methyl sites for hydroxylation is 1. The first kappa shape index (κ1) is 18.5. The van der Waals surface area contributed by atoms with E-state index in [-0.39, 0.29) is 18.4 Å². The lowest BCUT2D eigenvalue weighted by molar-refractivity contribution is -0.137. The van der Waals surface area contributed by atoms with E-state index in [2.05, 4.69) is 9.97 Å². The molecule has 1 aromatic heterocycles. The van der Waals surface area contributed by atoms with Crippen molar-refractivity contribution in [2.75, 3.05) is 6.54 Å². The van der Waals surface area contributed by atoms with Gasteiger partial charge in [-0.2, -0.15) is 13.2 Å². The maximum Gasteiger partial charge on any atom is 0.416 e. The largest absolute Gasteiger partial charge is 0.416 e. The van der Waals surface area contributed by atoms with Crippen LogP contribution in [0.3, 0.4) is 0 Å². The number of carbonyl (C=O) groups excluding carboxylic acids is 1. The molecule has 0 saturated carbocycles. The molecular formula is C21H20F3N3O. The number of nitrogens with one attached hydrogen (secondary N) is 1. The van der Waals surface area contributed by atoms with Crippen molar-refractivity contribution in [2.45, 2.75) is 38.4 Å². The summed E-state index contributed by atoms with van der Waals surface area (Å²) in [7, 11) is 0. The number of hydrogen-bond donors (Lipinski definition) is 1. The Balaban J connectivity index is 1.51. The number of fused-ring (bicyclic) bond motifs is 1. The molecule has 1 unspecified atom stereocenters. The van der Waals surface area contributed by atoms with E-state index in [1.807, 2.05) is 25.1 Å². The number of aromatic amines is 1. The summed E-state index contributed by atoms with van der Waals surface area (Å²) in [6, 6.07) is 10.6. The fraction of sp³-hybridized carbons (Fsp3) is 0.333. The quantitative estimate of drug-likeness (QED) is 0.702. The Morgan fingerprint density at radius 3 is 2.68 bits per heavy atom. The normalized spacial score (nSPS) is 17.4. The SMILES string of the molecule is Cc1ccc2nc(C3CCCN3C(=O)Cc3ccc(C(F)(F)F)cc3)[nH]c2c1. The molecule has 0 aliphatic carbocycles. The van der Waals surface area contributed by atoms with E-state index in [1.165, 1.54) is 12.1 Å². The van der Waals surface area contributed by atoms with Crippen LogP contribution in [0.4, 0.5) is 13.2 Å². The Labute approximate surface area is 160 Å². The van der Waals surface area contributed by atoms with Crippen LogP contribution in [0.1, 0.15) is 41.4 Å². The highest BCUT2D eigenvalue weighted by atomic mass is 19.4. The van der Waals surface area contributed by atoms with Crippen LogP contribution in [0.15, 0.2) is 42.5 Å². The summed E-state index contributed by atoms with van der Waals surface area (Å²) in [5, 5.41) is 0. The highest BCUT2D eigenvalue weighted by molar-refractivity contribution is 5.80. The summed E-state index contributed by atoms with van der Waals surface area (Å²) in [4.78, 5) is 22.6. The van der Waals surface area contributed by atoms with Gasteiger partial charge in [-0.25, -0.2) is 4.98 Å². The zero-order valence-electron chi connectivity index (χ0n) is 15.4. The first-order valence-corrected chi connectivity index (χ1v) is 9.23. The summed E-state index contributed by atoms with van der Waals surface area (Å²) in [5.74, 6) is 0.665. The minimum absolute atomic E-state index is 0.0774. The highest BCUT2D eigenvalue weighted by Gasteiger charge is 2.33. The molecule has 7 heteroatoms. The average Bonchev–Trinajstić information content (AvgIpc) is 3.27. The van der Waals surface area contributed by atoms with Crippen LogP contribution < -0.4 is 0 Å². The number of halogens is 3. The van der Waals surface area contributed by atoms with E-state index in [0.29, 0.717) is 12.1 Å². The van der Waals surface area contributed by atoms with E-state index in [4.69, 9.17) is 0 Å². The van der Waals surface area contributed by atoms with Gasteiger partial charge >= 0.3 is 6.18 Å². The van der Waals surface area contributed by atoms with Crippen LogP contribution in [-0.2, 0) is 17.4 Å². The van der Waals surface area contributed by atoms with E-state index < -0.39 is 11.7 Å². The number of likely N-dealkylation sites (tertiary alicyclic amines) is 1. The van der Waals surface area contributed by atoms with Crippen molar-refractivity contribution in [3.63, 3.8) is 0 Å². The minimum Gasteiger partial charge on any atom is -0.340 e. The van der Waals surface area contributed by atoms with Gasteiger partial charge in [0.1, 0.15) is 5.82 Å². The number of nitrogens with zero attached hydrogens (tertiary/aromatic N) is 2. The van der Waals surface area contributed by atoms with Gasteiger partial charge in [-0.15, -0.1) is 0 Å². The van der Waals surface area contributed by atoms with Gasteiger partial charge in [0.05, 0.1) is 29.1 Å². The Morgan fingerprint density at radius 2 is 1.96 bits per heavy atom. The zero-order valence-corrected chi connectivity index (χ0v) is 15.4. The fourth-order valence-electron chi connectivity index (χ4n) is 3.74. The van der Waals surface area contributed by atoms with Crippen molar-refractivity contribution >= 4 is 16.9 Å². The first-order valence-electron chi connectivity index (χ1n) is 9.23. The van der Waals surface area contributed by atoms with Crippen molar-refractivity contribution in [3.05, 3.63) is 65.0 Å². The highest BCUT2D eigenvalue weighted by Crippen LogP contribution is 2.33. The molecule has 1 fully saturated rings. The second kappa shape index (κ2) is 6.96. The number of rotatable bonds is 3. The summed E-state index contributed by atoms with van der Waals surface area (Å²) < 4.78 is 38.1. The molecule has 4 nitrogen and oxygen atoms in total. The van der Waals surface area contributed by atoms with Crippen LogP contribution in [0.2, 0.25) is 0 Å². The van der Waals surface area contributed by atoms with Gasteiger partial charge in [-0.1, -0.05) is 18.2 Å². The van der Waals surface area contributed by atoms with Crippen molar-refractivity contribution in [3.8, 4) is 0 Å². The molecule has 0 bridgehead atoms. The number of H-pyrrole nitrogens is 1. The number of benzene rings is 2. The van der Waals surface area contributed by atoms with Gasteiger partial charge in [-0.3, -0.25) is 4.79 Å². The molecule has 2 aromatic carbocycles. The first-order chi connectivity index (χ1) is 13.3. The van der Waals surface area contributed by atoms with Gasteiger partial charge in [0, 0.05) is 6.54 Å². The van der Waals surface area contributed by atoms with E-state index in [1.54, 1.807) is 4.90 Å². The predicted octanol–water partition coefficient (Wildman–Crippen LogP) is 4.80. The zero-order chi connectivity index (χ0) is 19.9. The molecule has 2 heterocycles. The van der Waals surface area contributed by atoms with Crippen molar-refractivity contribution in [1.82, 2.24) is 14.9 Å². The van der Waals surface area contributed by atoms with Gasteiger partial charge in [-0.05, 0) is 55.2 Å². The van der Waals surface area contributed by atoms with Crippen molar-refractivity contribution in [2.24, 2.45) is 0 Å². The Hall–Kier alpha value is -2.83. The second-order valence-corrected chi connectivity index (χ2v) is 7.26. The molecule has 28 heavy (non-hydrogen) atoms. The monoisotopic (exact) mass is 387 g/mol. The van der Waals surface area contributed by atoms with E-state index in [9.17, 15) is 18.0 Å². The standard InChI is InChI=1S/C21H20F3N3O/c1-13-4-9-16-17(11-13)26-20(25-16)18-3-2-10-27(18)19(28)12-14-5-7-15(8-6-14)21(22,23)24/h4-9,11,18H,2-3,10,12H2,1H3,(H,25,26). The van der Waals surface area contributed by atoms with Crippen LogP contribution in [0.5, 0.6) is 0 Å². The smallest absolute Gasteiger partial charge is 0.340 e. The molecule has 146 valence electrons. The summed E-state index contributed by atoms with van der Waals surface area (Å²) in [5.41, 5.74) is 2.80. The number of carbonyl (C=O) groups is 1. The number of aromatic nitrogens is 2. The number of alkyl halides is 3. The van der Waals surface area contributed by atoms with Crippen LogP contribution in [0.25, 0.3) is 11.0 Å². The Bertz CT molecular complexity index is 1010. The topological polar surface area (TPSA) is 49.0 Å². The molecule has 1 atom stereocenters. The third-order valence-electron chi connectivity index (χ3n) is 5.18. The molecule has 1 saturated heterocycles. The molecule has 3 aromatic rings. The molecule has 1 aliphatic heterocycles. The number of hydrogen-bond acceptors (Lipinski definition) is 2. The fourth-order valence-corrected chi connectivity index (χ4v) is 3.74. The molecule has 0 radical (unpaired) electrons. The number of amides is 1.